The summed E-state index contributed by atoms with van der Waals surface area (Å²) in [5.74, 6) is 1.00. The van der Waals surface area contributed by atoms with Crippen LogP contribution in [0.5, 0.6) is 17.2 Å². The number of rotatable bonds is 8. The Balaban J connectivity index is 1.92. The van der Waals surface area contributed by atoms with Crippen LogP contribution in [0.25, 0.3) is 0 Å². The molecule has 0 atom stereocenters. The summed E-state index contributed by atoms with van der Waals surface area (Å²) in [6.07, 6.45) is 1.47. The Morgan fingerprint density at radius 2 is 2.00 bits per heavy atom. The van der Waals surface area contributed by atoms with Gasteiger partial charge in [-0.05, 0) is 60.4 Å². The van der Waals surface area contributed by atoms with Crippen molar-refractivity contribution in [1.82, 2.24) is 5.43 Å². The van der Waals surface area contributed by atoms with Gasteiger partial charge in [-0.15, -0.1) is 0 Å². The number of benzene rings is 2. The average Bonchev–Trinajstić information content (AvgIpc) is 2.63. The van der Waals surface area contributed by atoms with E-state index in [1.54, 1.807) is 12.1 Å². The van der Waals surface area contributed by atoms with Crippen LogP contribution in [0.2, 0.25) is 0 Å². The number of nitrogens with zero attached hydrogens (tertiary/aromatic N) is 1. The fourth-order valence-electron chi connectivity index (χ4n) is 2.34. The van der Waals surface area contributed by atoms with Crippen LogP contribution in [-0.2, 0) is 4.79 Å². The van der Waals surface area contributed by atoms with Gasteiger partial charge in [0, 0.05) is 4.47 Å². The molecule has 7 heteroatoms. The minimum Gasteiger partial charge on any atom is -0.504 e. The highest BCUT2D eigenvalue weighted by Crippen LogP contribution is 2.29. The van der Waals surface area contributed by atoms with Crippen LogP contribution in [0.3, 0.4) is 0 Å². The highest BCUT2D eigenvalue weighted by molar-refractivity contribution is 9.10. The Morgan fingerprint density at radius 3 is 2.70 bits per heavy atom. The lowest BCUT2D eigenvalue weighted by molar-refractivity contribution is -0.123. The van der Waals surface area contributed by atoms with Crippen LogP contribution < -0.4 is 14.9 Å². The van der Waals surface area contributed by atoms with Gasteiger partial charge in [-0.3, -0.25) is 4.79 Å². The van der Waals surface area contributed by atoms with Gasteiger partial charge in [-0.1, -0.05) is 29.8 Å². The smallest absolute Gasteiger partial charge is 0.277 e. The third-order valence-electron chi connectivity index (χ3n) is 3.64. The summed E-state index contributed by atoms with van der Waals surface area (Å²) in [5, 5.41) is 13.6. The molecule has 1 amide bonds. The average molecular weight is 435 g/mol. The SMILES string of the molecule is CCOc1cc(/C=N/NC(=O)COc2ccc(Br)cc2C(C)C)ccc1O. The van der Waals surface area contributed by atoms with Crippen LogP contribution in [-0.4, -0.2) is 30.4 Å². The van der Waals surface area contributed by atoms with Crippen LogP contribution in [0.4, 0.5) is 0 Å². The molecular formula is C20H23BrN2O4. The van der Waals surface area contributed by atoms with Gasteiger partial charge in [0.1, 0.15) is 5.75 Å². The minimum atomic E-state index is -0.368. The maximum absolute atomic E-state index is 12.0. The maximum Gasteiger partial charge on any atom is 0.277 e. The van der Waals surface area contributed by atoms with Crippen molar-refractivity contribution in [3.05, 3.63) is 52.0 Å². The number of hydrazone groups is 1. The Labute approximate surface area is 167 Å². The van der Waals surface area contributed by atoms with E-state index in [9.17, 15) is 9.90 Å². The molecule has 0 heterocycles. The number of carbonyl (C=O) groups is 1. The molecule has 2 aromatic carbocycles. The highest BCUT2D eigenvalue weighted by atomic mass is 79.9. The second-order valence-corrected chi connectivity index (χ2v) is 6.99. The zero-order valence-electron chi connectivity index (χ0n) is 15.5. The van der Waals surface area contributed by atoms with Crippen molar-refractivity contribution in [1.29, 1.82) is 0 Å². The largest absolute Gasteiger partial charge is 0.504 e. The summed E-state index contributed by atoms with van der Waals surface area (Å²) in [5.41, 5.74) is 4.13. The van der Waals surface area contributed by atoms with E-state index in [2.05, 4.69) is 40.3 Å². The van der Waals surface area contributed by atoms with Gasteiger partial charge >= 0.3 is 0 Å². The Kier molecular flexibility index (Phi) is 7.67. The standard InChI is InChI=1S/C20H23BrN2O4/c1-4-26-19-9-14(5-7-17(19)24)11-22-23-20(25)12-27-18-8-6-15(21)10-16(18)13(2)3/h5-11,13,24H,4,12H2,1-3H3,(H,23,25)/b22-11+. The number of ether oxygens (including phenoxy) is 2. The first-order chi connectivity index (χ1) is 12.9. The van der Waals surface area contributed by atoms with Gasteiger partial charge in [0.05, 0.1) is 12.8 Å². The van der Waals surface area contributed by atoms with Gasteiger partial charge in [0.15, 0.2) is 18.1 Å². The molecular weight excluding hydrogens is 412 g/mol. The molecule has 0 saturated carbocycles. The third-order valence-corrected chi connectivity index (χ3v) is 4.13. The lowest BCUT2D eigenvalue weighted by atomic mass is 10.0. The molecule has 0 unspecified atom stereocenters. The molecule has 144 valence electrons. The lowest BCUT2D eigenvalue weighted by Gasteiger charge is -2.13. The van der Waals surface area contributed by atoms with Crippen molar-refractivity contribution in [2.24, 2.45) is 5.10 Å². The molecule has 27 heavy (non-hydrogen) atoms. The number of hydrogen-bond acceptors (Lipinski definition) is 5. The van der Waals surface area contributed by atoms with E-state index in [1.807, 2.05) is 25.1 Å². The van der Waals surface area contributed by atoms with Crippen molar-refractivity contribution in [3.63, 3.8) is 0 Å². The molecule has 6 nitrogen and oxygen atoms in total. The number of amides is 1. The monoisotopic (exact) mass is 434 g/mol. The summed E-state index contributed by atoms with van der Waals surface area (Å²) in [4.78, 5) is 12.0. The van der Waals surface area contributed by atoms with Gasteiger partial charge in [0.2, 0.25) is 0 Å². The number of nitrogens with one attached hydrogen (secondary N) is 1. The van der Waals surface area contributed by atoms with Crippen molar-refractivity contribution < 1.29 is 19.4 Å². The molecule has 0 spiro atoms. The molecule has 2 aromatic rings. The number of halogens is 1. The van der Waals surface area contributed by atoms with Crippen molar-refractivity contribution in [2.45, 2.75) is 26.7 Å². The number of phenolic OH excluding ortho intramolecular Hbond substituents is 1. The van der Waals surface area contributed by atoms with Crippen molar-refractivity contribution >= 4 is 28.1 Å². The van der Waals surface area contributed by atoms with E-state index < -0.39 is 0 Å². The predicted molar refractivity (Wildman–Crippen MR) is 109 cm³/mol. The number of hydrogen-bond donors (Lipinski definition) is 2. The molecule has 0 aromatic heterocycles. The quantitative estimate of drug-likeness (QED) is 0.481. The van der Waals surface area contributed by atoms with Gasteiger partial charge in [0.25, 0.3) is 5.91 Å². The molecule has 0 radical (unpaired) electrons. The highest BCUT2D eigenvalue weighted by Gasteiger charge is 2.10. The van der Waals surface area contributed by atoms with Gasteiger partial charge < -0.3 is 14.6 Å². The Morgan fingerprint density at radius 1 is 1.22 bits per heavy atom. The zero-order chi connectivity index (χ0) is 19.8. The minimum absolute atomic E-state index is 0.0573. The molecule has 2 N–H and O–H groups in total. The van der Waals surface area contributed by atoms with E-state index >= 15 is 0 Å². The maximum atomic E-state index is 12.0. The molecule has 2 rings (SSSR count). The van der Waals surface area contributed by atoms with E-state index in [0.29, 0.717) is 23.7 Å². The van der Waals surface area contributed by atoms with Gasteiger partial charge in [-0.2, -0.15) is 5.10 Å². The number of carbonyl (C=O) groups excluding carboxylic acids is 1. The fourth-order valence-corrected chi connectivity index (χ4v) is 2.72. The first kappa shape index (κ1) is 20.8. The van der Waals surface area contributed by atoms with E-state index in [0.717, 1.165) is 10.0 Å². The van der Waals surface area contributed by atoms with E-state index in [1.165, 1.54) is 12.3 Å². The first-order valence-corrected chi connectivity index (χ1v) is 9.40. The fraction of sp³-hybridized carbons (Fsp3) is 0.300. The second-order valence-electron chi connectivity index (χ2n) is 6.08. The third kappa shape index (κ3) is 6.29. The van der Waals surface area contributed by atoms with Crippen molar-refractivity contribution in [3.8, 4) is 17.2 Å². The van der Waals surface area contributed by atoms with Crippen LogP contribution in [0, 0.1) is 0 Å². The van der Waals surface area contributed by atoms with Gasteiger partial charge in [-0.25, -0.2) is 5.43 Å². The second kappa shape index (κ2) is 9.97. The summed E-state index contributed by atoms with van der Waals surface area (Å²) in [6, 6.07) is 10.5. The Hall–Kier alpha value is -2.54. The topological polar surface area (TPSA) is 80.2 Å². The molecule has 0 fully saturated rings. The van der Waals surface area contributed by atoms with E-state index in [-0.39, 0.29) is 24.2 Å². The first-order valence-electron chi connectivity index (χ1n) is 8.60. The lowest BCUT2D eigenvalue weighted by Crippen LogP contribution is -2.24. The molecule has 0 saturated heterocycles. The molecule has 0 aliphatic rings. The number of aromatic hydroxyl groups is 1. The molecule has 0 aliphatic heterocycles. The summed E-state index contributed by atoms with van der Waals surface area (Å²) < 4.78 is 11.9. The van der Waals surface area contributed by atoms with E-state index in [4.69, 9.17) is 9.47 Å². The summed E-state index contributed by atoms with van der Waals surface area (Å²) in [6.45, 7) is 6.26. The summed E-state index contributed by atoms with van der Waals surface area (Å²) in [7, 11) is 0. The zero-order valence-corrected chi connectivity index (χ0v) is 17.1. The van der Waals surface area contributed by atoms with Crippen LogP contribution in [0.1, 0.15) is 37.8 Å². The molecule has 0 aliphatic carbocycles. The van der Waals surface area contributed by atoms with Crippen molar-refractivity contribution in [2.75, 3.05) is 13.2 Å². The predicted octanol–water partition coefficient (Wildman–Crippen LogP) is 4.21. The normalized spacial score (nSPS) is 11.0. The molecule has 0 bridgehead atoms. The Bertz CT molecular complexity index is 822. The number of phenols is 1. The summed E-state index contributed by atoms with van der Waals surface area (Å²) >= 11 is 3.44. The van der Waals surface area contributed by atoms with Crippen LogP contribution in [0.15, 0.2) is 46.0 Å². The van der Waals surface area contributed by atoms with Crippen LogP contribution >= 0.6 is 15.9 Å².